The van der Waals surface area contributed by atoms with Crippen molar-refractivity contribution in [2.75, 3.05) is 0 Å². The number of carbonyl (C=O) groups excluding carboxylic acids is 1. The van der Waals surface area contributed by atoms with Crippen molar-refractivity contribution in [3.8, 4) is 0 Å². The molecule has 4 heteroatoms. The zero-order valence-electron chi connectivity index (χ0n) is 5.37. The third-order valence-corrected chi connectivity index (χ3v) is 1.26. The van der Waals surface area contributed by atoms with Gasteiger partial charge in [-0.25, -0.2) is 0 Å². The third-order valence-electron chi connectivity index (χ3n) is 1.26. The number of hydrogen-bond acceptors (Lipinski definition) is 2. The number of rotatable bonds is 2. The lowest BCUT2D eigenvalue weighted by atomic mass is 10.2. The number of hydrogen-bond donors (Lipinski definition) is 3. The van der Waals surface area contributed by atoms with Crippen molar-refractivity contribution < 1.29 is 4.79 Å². The highest BCUT2D eigenvalue weighted by Gasteiger charge is 2.11. The lowest BCUT2D eigenvalue weighted by molar-refractivity contribution is -0.119. The normalized spacial score (nSPS) is 12.9. The fraction of sp³-hybridized carbons (Fsp3) is 0.167. The van der Waals surface area contributed by atoms with Gasteiger partial charge >= 0.3 is 0 Å². The van der Waals surface area contributed by atoms with Gasteiger partial charge in [-0.2, -0.15) is 0 Å². The van der Waals surface area contributed by atoms with Gasteiger partial charge in [0, 0.05) is 11.9 Å². The molecule has 1 amide bonds. The Balaban J connectivity index is 2.77. The van der Waals surface area contributed by atoms with Gasteiger partial charge in [0.05, 0.1) is 0 Å². The molecule has 0 spiro atoms. The van der Waals surface area contributed by atoms with E-state index in [0.29, 0.717) is 5.69 Å². The van der Waals surface area contributed by atoms with Crippen LogP contribution in [0.25, 0.3) is 0 Å². The summed E-state index contributed by atoms with van der Waals surface area (Å²) in [6, 6.07) is 2.77. The average molecular weight is 139 g/mol. The highest BCUT2D eigenvalue weighted by atomic mass is 16.1. The molecule has 1 heterocycles. The Labute approximate surface area is 58.2 Å². The second kappa shape index (κ2) is 2.53. The van der Waals surface area contributed by atoms with E-state index in [1.165, 1.54) is 0 Å². The van der Waals surface area contributed by atoms with E-state index in [-0.39, 0.29) is 0 Å². The summed E-state index contributed by atoms with van der Waals surface area (Å²) in [5.74, 6) is -0.526. The van der Waals surface area contributed by atoms with Crippen LogP contribution in [0.1, 0.15) is 11.7 Å². The number of aromatic nitrogens is 1. The molecule has 5 N–H and O–H groups in total. The van der Waals surface area contributed by atoms with Gasteiger partial charge in [-0.1, -0.05) is 0 Å². The second-order valence-electron chi connectivity index (χ2n) is 2.01. The van der Waals surface area contributed by atoms with Crippen LogP contribution in [-0.2, 0) is 4.79 Å². The summed E-state index contributed by atoms with van der Waals surface area (Å²) in [5, 5.41) is 0. The van der Waals surface area contributed by atoms with E-state index in [0.717, 1.165) is 0 Å². The fourth-order valence-electron chi connectivity index (χ4n) is 0.691. The maximum absolute atomic E-state index is 10.5. The van der Waals surface area contributed by atoms with E-state index in [1.54, 1.807) is 18.3 Å². The molecule has 0 aliphatic rings. The number of primary amides is 1. The van der Waals surface area contributed by atoms with Gasteiger partial charge in [0.1, 0.15) is 6.04 Å². The number of carbonyl (C=O) groups is 1. The molecule has 1 unspecified atom stereocenters. The minimum atomic E-state index is -0.713. The Hall–Kier alpha value is -1.29. The average Bonchev–Trinajstić information content (AvgIpc) is 2.36. The topological polar surface area (TPSA) is 84.9 Å². The lowest BCUT2D eigenvalue weighted by Gasteiger charge is -2.02. The van der Waals surface area contributed by atoms with Gasteiger partial charge in [0.2, 0.25) is 5.91 Å². The van der Waals surface area contributed by atoms with Crippen LogP contribution in [0.2, 0.25) is 0 Å². The van der Waals surface area contributed by atoms with E-state index in [1.807, 2.05) is 0 Å². The van der Waals surface area contributed by atoms with Crippen LogP contribution in [0, 0.1) is 0 Å². The molecule has 1 rings (SSSR count). The first-order valence-corrected chi connectivity index (χ1v) is 2.90. The molecule has 0 aliphatic heterocycles. The summed E-state index contributed by atoms with van der Waals surface area (Å²) in [6.45, 7) is 0. The number of nitrogens with one attached hydrogen (secondary N) is 1. The largest absolute Gasteiger partial charge is 0.368 e. The molecule has 0 bridgehead atoms. The van der Waals surface area contributed by atoms with Crippen molar-refractivity contribution in [3.63, 3.8) is 0 Å². The summed E-state index contributed by atoms with van der Waals surface area (Å²) in [6.07, 6.45) is 1.69. The van der Waals surface area contributed by atoms with Crippen LogP contribution in [-0.4, -0.2) is 10.9 Å². The van der Waals surface area contributed by atoms with Gasteiger partial charge in [-0.15, -0.1) is 0 Å². The standard InChI is InChI=1S/C6H9N3O/c7-5(6(8)10)4-2-1-3-9-4/h1-3,5,9H,7H2,(H2,8,10). The van der Waals surface area contributed by atoms with Crippen molar-refractivity contribution >= 4 is 5.91 Å². The minimum Gasteiger partial charge on any atom is -0.368 e. The smallest absolute Gasteiger partial charge is 0.240 e. The summed E-state index contributed by atoms with van der Waals surface area (Å²) in [4.78, 5) is 13.3. The number of H-pyrrole nitrogens is 1. The molecule has 54 valence electrons. The third kappa shape index (κ3) is 1.16. The summed E-state index contributed by atoms with van der Waals surface area (Å²) < 4.78 is 0. The van der Waals surface area contributed by atoms with Crippen molar-refractivity contribution in [1.82, 2.24) is 4.98 Å². The maximum Gasteiger partial charge on any atom is 0.240 e. The molecule has 1 aromatic heterocycles. The molecule has 0 fully saturated rings. The summed E-state index contributed by atoms with van der Waals surface area (Å²) in [5.41, 5.74) is 11.0. The monoisotopic (exact) mass is 139 g/mol. The van der Waals surface area contributed by atoms with Gasteiger partial charge in [0.15, 0.2) is 0 Å². The minimum absolute atomic E-state index is 0.526. The number of nitrogens with two attached hydrogens (primary N) is 2. The number of aromatic amines is 1. The zero-order chi connectivity index (χ0) is 7.56. The van der Waals surface area contributed by atoms with E-state index < -0.39 is 11.9 Å². The molecule has 0 aliphatic carbocycles. The van der Waals surface area contributed by atoms with Crippen molar-refractivity contribution in [2.24, 2.45) is 11.5 Å². The first kappa shape index (κ1) is 6.82. The SMILES string of the molecule is NC(=O)C(N)c1ccc[nH]1. The van der Waals surface area contributed by atoms with Crippen LogP contribution in [0.3, 0.4) is 0 Å². The van der Waals surface area contributed by atoms with Gasteiger partial charge in [-0.05, 0) is 12.1 Å². The zero-order valence-corrected chi connectivity index (χ0v) is 5.37. The highest BCUT2D eigenvalue weighted by Crippen LogP contribution is 2.04. The van der Waals surface area contributed by atoms with Crippen LogP contribution in [0.5, 0.6) is 0 Å². The summed E-state index contributed by atoms with van der Waals surface area (Å²) in [7, 11) is 0. The second-order valence-corrected chi connectivity index (χ2v) is 2.01. The Morgan fingerprint density at radius 2 is 2.40 bits per heavy atom. The van der Waals surface area contributed by atoms with E-state index in [2.05, 4.69) is 4.98 Å². The molecular formula is C6H9N3O. The maximum atomic E-state index is 10.5. The molecule has 1 aromatic rings. The molecular weight excluding hydrogens is 130 g/mol. The van der Waals surface area contributed by atoms with E-state index in [9.17, 15) is 4.79 Å². The van der Waals surface area contributed by atoms with Crippen LogP contribution in [0.15, 0.2) is 18.3 Å². The molecule has 0 saturated heterocycles. The first-order valence-electron chi connectivity index (χ1n) is 2.90. The number of amides is 1. The first-order chi connectivity index (χ1) is 4.72. The van der Waals surface area contributed by atoms with Crippen molar-refractivity contribution in [3.05, 3.63) is 24.0 Å². The Bertz CT molecular complexity index is 217. The Morgan fingerprint density at radius 3 is 2.80 bits per heavy atom. The predicted molar refractivity (Wildman–Crippen MR) is 36.9 cm³/mol. The van der Waals surface area contributed by atoms with Crippen LogP contribution >= 0.6 is 0 Å². The van der Waals surface area contributed by atoms with Gasteiger partial charge in [-0.3, -0.25) is 4.79 Å². The molecule has 0 aromatic carbocycles. The van der Waals surface area contributed by atoms with Crippen LogP contribution in [0.4, 0.5) is 0 Å². The molecule has 0 radical (unpaired) electrons. The molecule has 0 saturated carbocycles. The van der Waals surface area contributed by atoms with Gasteiger partial charge < -0.3 is 16.5 Å². The van der Waals surface area contributed by atoms with Crippen molar-refractivity contribution in [2.45, 2.75) is 6.04 Å². The lowest BCUT2D eigenvalue weighted by Crippen LogP contribution is -2.28. The van der Waals surface area contributed by atoms with E-state index >= 15 is 0 Å². The quantitative estimate of drug-likeness (QED) is 0.516. The van der Waals surface area contributed by atoms with Gasteiger partial charge in [0.25, 0.3) is 0 Å². The Kier molecular flexibility index (Phi) is 1.73. The Morgan fingerprint density at radius 1 is 1.70 bits per heavy atom. The molecule has 4 nitrogen and oxygen atoms in total. The highest BCUT2D eigenvalue weighted by molar-refractivity contribution is 5.80. The van der Waals surface area contributed by atoms with Crippen molar-refractivity contribution in [1.29, 1.82) is 0 Å². The van der Waals surface area contributed by atoms with E-state index in [4.69, 9.17) is 11.5 Å². The van der Waals surface area contributed by atoms with Crippen LogP contribution < -0.4 is 11.5 Å². The molecule has 10 heavy (non-hydrogen) atoms. The fourth-order valence-corrected chi connectivity index (χ4v) is 0.691. The summed E-state index contributed by atoms with van der Waals surface area (Å²) >= 11 is 0. The molecule has 1 atom stereocenters. The predicted octanol–water partition coefficient (Wildman–Crippen LogP) is -0.500.